The van der Waals surface area contributed by atoms with Gasteiger partial charge in [-0.15, -0.1) is 0 Å². The predicted octanol–water partition coefficient (Wildman–Crippen LogP) is 2.10. The number of quaternary nitrogens is 1. The van der Waals surface area contributed by atoms with Crippen LogP contribution in [0.2, 0.25) is 0 Å². The summed E-state index contributed by atoms with van der Waals surface area (Å²) >= 11 is 0. The molecule has 1 heterocycles. The van der Waals surface area contributed by atoms with Gasteiger partial charge in [0.25, 0.3) is 0 Å². The monoisotopic (exact) mass is 216 g/mol. The molecule has 1 atom stereocenters. The summed E-state index contributed by atoms with van der Waals surface area (Å²) < 4.78 is 36.9. The Kier molecular flexibility index (Phi) is 2.69. The van der Waals surface area contributed by atoms with Crippen LogP contribution in [0.3, 0.4) is 0 Å². The van der Waals surface area contributed by atoms with E-state index in [2.05, 4.69) is 5.32 Å². The van der Waals surface area contributed by atoms with E-state index in [-0.39, 0.29) is 0 Å². The molecule has 2 N–H and O–H groups in total. The third kappa shape index (κ3) is 2.31. The first-order valence-corrected chi connectivity index (χ1v) is 5.08. The first kappa shape index (κ1) is 10.5. The van der Waals surface area contributed by atoms with Crippen LogP contribution in [0.25, 0.3) is 0 Å². The molecule has 15 heavy (non-hydrogen) atoms. The molecule has 0 aromatic heterocycles. The average Bonchev–Trinajstić information content (AvgIpc) is 2.69. The van der Waals surface area contributed by atoms with Gasteiger partial charge in [-0.25, -0.2) is 0 Å². The summed E-state index contributed by atoms with van der Waals surface area (Å²) in [5.41, 5.74) is 0.435. The van der Waals surface area contributed by atoms with Gasteiger partial charge in [0.05, 0.1) is 12.1 Å². The Morgan fingerprint density at radius 3 is 2.27 bits per heavy atom. The highest BCUT2D eigenvalue weighted by atomic mass is 19.4. The first-order chi connectivity index (χ1) is 7.07. The van der Waals surface area contributed by atoms with Crippen molar-refractivity contribution >= 4 is 0 Å². The SMILES string of the molecule is FC(F)(F)c1ccc([C@H]2CCC[NH2+]2)cc1. The van der Waals surface area contributed by atoms with E-state index in [1.54, 1.807) is 12.1 Å². The highest BCUT2D eigenvalue weighted by molar-refractivity contribution is 5.26. The van der Waals surface area contributed by atoms with Crippen LogP contribution >= 0.6 is 0 Å². The summed E-state index contributed by atoms with van der Waals surface area (Å²) in [5, 5.41) is 2.18. The standard InChI is InChI=1S/C11H12F3N/c12-11(13,14)9-5-3-8(4-6-9)10-2-1-7-15-10/h3-6,10,15H,1-2,7H2/p+1/t10-/m1/s1. The summed E-state index contributed by atoms with van der Waals surface area (Å²) in [6.45, 7) is 1.08. The number of benzene rings is 1. The number of hydrogen-bond acceptors (Lipinski definition) is 0. The van der Waals surface area contributed by atoms with Gasteiger partial charge in [-0.2, -0.15) is 13.2 Å². The highest BCUT2D eigenvalue weighted by Gasteiger charge is 2.30. The molecule has 0 spiro atoms. The molecular weight excluding hydrogens is 203 g/mol. The molecule has 1 aliphatic heterocycles. The fraction of sp³-hybridized carbons (Fsp3) is 0.455. The van der Waals surface area contributed by atoms with Crippen LogP contribution in [0.4, 0.5) is 13.2 Å². The van der Waals surface area contributed by atoms with Crippen molar-refractivity contribution in [1.82, 2.24) is 0 Å². The second-order valence-corrected chi connectivity index (χ2v) is 3.89. The van der Waals surface area contributed by atoms with E-state index in [9.17, 15) is 13.2 Å². The normalized spacial score (nSPS) is 21.9. The average molecular weight is 216 g/mol. The van der Waals surface area contributed by atoms with Gasteiger partial charge in [-0.05, 0) is 12.1 Å². The Hall–Kier alpha value is -1.03. The summed E-state index contributed by atoms with van der Waals surface area (Å²) in [7, 11) is 0. The van der Waals surface area contributed by atoms with Gasteiger partial charge >= 0.3 is 6.18 Å². The van der Waals surface area contributed by atoms with Crippen molar-refractivity contribution in [2.75, 3.05) is 6.54 Å². The summed E-state index contributed by atoms with van der Waals surface area (Å²) in [4.78, 5) is 0. The van der Waals surface area contributed by atoms with E-state index in [1.165, 1.54) is 12.1 Å². The largest absolute Gasteiger partial charge is 0.416 e. The lowest BCUT2D eigenvalue weighted by atomic mass is 10.0. The maximum absolute atomic E-state index is 12.3. The lowest BCUT2D eigenvalue weighted by Crippen LogP contribution is -2.81. The second-order valence-electron chi connectivity index (χ2n) is 3.89. The topological polar surface area (TPSA) is 16.6 Å². The molecule has 1 aromatic rings. The molecule has 0 aliphatic carbocycles. The molecule has 0 unspecified atom stereocenters. The van der Waals surface area contributed by atoms with Crippen LogP contribution < -0.4 is 5.32 Å². The second kappa shape index (κ2) is 3.85. The Balaban J connectivity index is 2.16. The third-order valence-corrected chi connectivity index (χ3v) is 2.84. The van der Waals surface area contributed by atoms with Gasteiger partial charge < -0.3 is 5.32 Å². The first-order valence-electron chi connectivity index (χ1n) is 5.08. The van der Waals surface area contributed by atoms with E-state index in [4.69, 9.17) is 0 Å². The molecular formula is C11H13F3N+. The zero-order valence-corrected chi connectivity index (χ0v) is 8.22. The summed E-state index contributed by atoms with van der Waals surface area (Å²) in [6, 6.07) is 5.88. The van der Waals surface area contributed by atoms with Crippen LogP contribution in [0.1, 0.15) is 30.0 Å². The van der Waals surface area contributed by atoms with Crippen molar-refractivity contribution in [1.29, 1.82) is 0 Å². The van der Waals surface area contributed by atoms with Crippen LogP contribution in [-0.2, 0) is 6.18 Å². The smallest absolute Gasteiger partial charge is 0.340 e. The zero-order valence-electron chi connectivity index (χ0n) is 8.22. The quantitative estimate of drug-likeness (QED) is 0.740. The van der Waals surface area contributed by atoms with E-state index in [0.717, 1.165) is 24.9 Å². The van der Waals surface area contributed by atoms with Crippen molar-refractivity contribution < 1.29 is 18.5 Å². The van der Waals surface area contributed by atoms with Crippen molar-refractivity contribution in [2.24, 2.45) is 0 Å². The molecule has 1 saturated heterocycles. The number of alkyl halides is 3. The zero-order chi connectivity index (χ0) is 10.9. The number of halogens is 3. The van der Waals surface area contributed by atoms with Crippen LogP contribution in [0.5, 0.6) is 0 Å². The lowest BCUT2D eigenvalue weighted by molar-refractivity contribution is -0.676. The van der Waals surface area contributed by atoms with Crippen molar-refractivity contribution in [3.8, 4) is 0 Å². The van der Waals surface area contributed by atoms with E-state index in [0.29, 0.717) is 6.04 Å². The summed E-state index contributed by atoms with van der Waals surface area (Å²) in [6.07, 6.45) is -2.02. The molecule has 0 bridgehead atoms. The van der Waals surface area contributed by atoms with Crippen LogP contribution in [0, 0.1) is 0 Å². The van der Waals surface area contributed by atoms with Gasteiger partial charge in [0.1, 0.15) is 6.04 Å². The van der Waals surface area contributed by atoms with Gasteiger partial charge in [-0.3, -0.25) is 0 Å². The minimum Gasteiger partial charge on any atom is -0.340 e. The molecule has 1 aromatic carbocycles. The van der Waals surface area contributed by atoms with E-state index < -0.39 is 11.7 Å². The Labute approximate surface area is 86.3 Å². The Morgan fingerprint density at radius 1 is 1.13 bits per heavy atom. The minimum atomic E-state index is -4.22. The van der Waals surface area contributed by atoms with Crippen molar-refractivity contribution in [2.45, 2.75) is 25.1 Å². The molecule has 0 saturated carbocycles. The number of nitrogens with two attached hydrogens (primary N) is 1. The fourth-order valence-electron chi connectivity index (χ4n) is 2.00. The molecule has 4 heteroatoms. The highest BCUT2D eigenvalue weighted by Crippen LogP contribution is 2.30. The molecule has 2 rings (SSSR count). The van der Waals surface area contributed by atoms with Gasteiger partial charge in [0.15, 0.2) is 0 Å². The molecule has 1 fully saturated rings. The number of rotatable bonds is 1. The van der Waals surface area contributed by atoms with Gasteiger partial charge in [0.2, 0.25) is 0 Å². The van der Waals surface area contributed by atoms with Crippen molar-refractivity contribution in [3.63, 3.8) is 0 Å². The van der Waals surface area contributed by atoms with Crippen LogP contribution in [0.15, 0.2) is 24.3 Å². The molecule has 0 amide bonds. The van der Waals surface area contributed by atoms with Gasteiger partial charge in [0, 0.05) is 18.4 Å². The minimum absolute atomic E-state index is 0.354. The van der Waals surface area contributed by atoms with E-state index in [1.807, 2.05) is 0 Å². The fourth-order valence-corrected chi connectivity index (χ4v) is 2.00. The van der Waals surface area contributed by atoms with Crippen LogP contribution in [-0.4, -0.2) is 6.54 Å². The van der Waals surface area contributed by atoms with E-state index >= 15 is 0 Å². The lowest BCUT2D eigenvalue weighted by Gasteiger charge is -2.10. The molecule has 1 nitrogen and oxygen atoms in total. The summed E-state index contributed by atoms with van der Waals surface area (Å²) in [5.74, 6) is 0. The molecule has 1 aliphatic rings. The van der Waals surface area contributed by atoms with Gasteiger partial charge in [-0.1, -0.05) is 12.1 Å². The number of hydrogen-bond donors (Lipinski definition) is 1. The maximum Gasteiger partial charge on any atom is 0.416 e. The molecule has 0 radical (unpaired) electrons. The predicted molar refractivity (Wildman–Crippen MR) is 50.2 cm³/mol. The Bertz CT molecular complexity index is 323. The Morgan fingerprint density at radius 2 is 1.80 bits per heavy atom. The third-order valence-electron chi connectivity index (χ3n) is 2.84. The molecule has 82 valence electrons. The van der Waals surface area contributed by atoms with Crippen molar-refractivity contribution in [3.05, 3.63) is 35.4 Å². The maximum atomic E-state index is 12.3.